The fraction of sp³-hybridized carbons (Fsp3) is 0.261. The summed E-state index contributed by atoms with van der Waals surface area (Å²) in [6.45, 7) is 4.16. The first-order valence-electron chi connectivity index (χ1n) is 10.1. The number of hydrogen-bond acceptors (Lipinski definition) is 4. The van der Waals surface area contributed by atoms with Crippen molar-refractivity contribution in [3.05, 3.63) is 75.6 Å². The van der Waals surface area contributed by atoms with Crippen molar-refractivity contribution in [2.24, 2.45) is 0 Å². The molecule has 1 N–H and O–H groups in total. The second-order valence-electron chi connectivity index (χ2n) is 7.82. The average molecular weight is 439 g/mol. The van der Waals surface area contributed by atoms with E-state index in [9.17, 15) is 9.18 Å². The van der Waals surface area contributed by atoms with E-state index in [4.69, 9.17) is 16.3 Å². The quantitative estimate of drug-likeness (QED) is 0.573. The SMILES string of the molecule is Cc1cc2c(c(C)n1)CN(c1cc3c(cc1Cl)CCC(c1ncccc1F)O3)C(=O)N2. The number of rotatable bonds is 2. The lowest BCUT2D eigenvalue weighted by Gasteiger charge is -2.32. The maximum atomic E-state index is 14.2. The minimum Gasteiger partial charge on any atom is -0.484 e. The molecule has 3 aromatic rings. The molecule has 0 saturated heterocycles. The number of aromatic nitrogens is 2. The Morgan fingerprint density at radius 1 is 1.29 bits per heavy atom. The minimum absolute atomic E-state index is 0.275. The largest absolute Gasteiger partial charge is 0.484 e. The molecule has 2 aliphatic rings. The summed E-state index contributed by atoms with van der Waals surface area (Å²) in [5, 5.41) is 3.39. The molecular formula is C23H20ClFN4O2. The number of halogens is 2. The minimum atomic E-state index is -0.493. The summed E-state index contributed by atoms with van der Waals surface area (Å²) in [4.78, 5) is 23.1. The van der Waals surface area contributed by atoms with Crippen molar-refractivity contribution in [3.8, 4) is 5.75 Å². The van der Waals surface area contributed by atoms with Crippen molar-refractivity contribution in [2.45, 2.75) is 39.3 Å². The number of nitrogens with one attached hydrogen (secondary N) is 1. The number of nitrogens with zero attached hydrogens (tertiary/aromatic N) is 3. The lowest BCUT2D eigenvalue weighted by atomic mass is 9.99. The van der Waals surface area contributed by atoms with E-state index in [1.54, 1.807) is 23.2 Å². The topological polar surface area (TPSA) is 67.3 Å². The number of amides is 2. The van der Waals surface area contributed by atoms with Crippen LogP contribution in [0.1, 0.15) is 40.7 Å². The van der Waals surface area contributed by atoms with Crippen LogP contribution in [0.2, 0.25) is 5.02 Å². The molecule has 2 amide bonds. The van der Waals surface area contributed by atoms with Crippen LogP contribution in [0.25, 0.3) is 0 Å². The monoisotopic (exact) mass is 438 g/mol. The standard InChI is InChI=1S/C23H20ClFN4O2/c1-12-8-18-15(13(2)27-12)11-29(23(30)28-18)19-10-21-14(9-16(19)24)5-6-20(31-21)22-17(25)4-3-7-26-22/h3-4,7-10,20H,5-6,11H2,1-2H3,(H,28,30). The Morgan fingerprint density at radius 3 is 2.94 bits per heavy atom. The van der Waals surface area contributed by atoms with Gasteiger partial charge in [0.1, 0.15) is 23.4 Å². The van der Waals surface area contributed by atoms with Crippen LogP contribution in [-0.4, -0.2) is 16.0 Å². The molecule has 1 atom stereocenters. The zero-order valence-electron chi connectivity index (χ0n) is 17.1. The molecule has 1 unspecified atom stereocenters. The highest BCUT2D eigenvalue weighted by atomic mass is 35.5. The molecule has 2 aromatic heterocycles. The van der Waals surface area contributed by atoms with Gasteiger partial charge in [-0.25, -0.2) is 9.18 Å². The van der Waals surface area contributed by atoms with Crippen molar-refractivity contribution in [1.82, 2.24) is 9.97 Å². The number of carbonyl (C=O) groups is 1. The molecule has 8 heteroatoms. The maximum absolute atomic E-state index is 14.2. The highest BCUT2D eigenvalue weighted by molar-refractivity contribution is 6.34. The van der Waals surface area contributed by atoms with Crippen LogP contribution in [0.15, 0.2) is 36.5 Å². The summed E-state index contributed by atoms with van der Waals surface area (Å²) < 4.78 is 20.3. The zero-order chi connectivity index (χ0) is 21.7. The summed E-state index contributed by atoms with van der Waals surface area (Å²) in [5.41, 5.74) is 5.15. The Bertz CT molecular complexity index is 1220. The van der Waals surface area contributed by atoms with Crippen LogP contribution in [0.3, 0.4) is 0 Å². The number of anilines is 2. The van der Waals surface area contributed by atoms with Gasteiger partial charge in [-0.1, -0.05) is 11.6 Å². The first-order chi connectivity index (χ1) is 14.9. The van der Waals surface area contributed by atoms with Gasteiger partial charge in [-0.15, -0.1) is 0 Å². The number of aryl methyl sites for hydroxylation is 3. The van der Waals surface area contributed by atoms with Crippen molar-refractivity contribution in [3.63, 3.8) is 0 Å². The number of ether oxygens (including phenoxy) is 1. The third-order valence-corrected chi connectivity index (χ3v) is 6.02. The Balaban J connectivity index is 1.50. The third-order valence-electron chi connectivity index (χ3n) is 5.72. The van der Waals surface area contributed by atoms with Crippen molar-refractivity contribution in [1.29, 1.82) is 0 Å². The van der Waals surface area contributed by atoms with Crippen LogP contribution < -0.4 is 15.0 Å². The highest BCUT2D eigenvalue weighted by Gasteiger charge is 2.30. The highest BCUT2D eigenvalue weighted by Crippen LogP contribution is 2.42. The van der Waals surface area contributed by atoms with E-state index in [-0.39, 0.29) is 11.7 Å². The van der Waals surface area contributed by atoms with Gasteiger partial charge < -0.3 is 10.1 Å². The summed E-state index contributed by atoms with van der Waals surface area (Å²) in [6.07, 6.45) is 2.33. The van der Waals surface area contributed by atoms with E-state index in [0.29, 0.717) is 35.8 Å². The first kappa shape index (κ1) is 19.8. The predicted molar refractivity (Wildman–Crippen MR) is 116 cm³/mol. The van der Waals surface area contributed by atoms with Gasteiger partial charge in [0.2, 0.25) is 0 Å². The number of urea groups is 1. The molecule has 4 heterocycles. The Kier molecular flexibility index (Phi) is 4.78. The molecule has 0 fully saturated rings. The van der Waals surface area contributed by atoms with Crippen LogP contribution in [0, 0.1) is 19.7 Å². The fourth-order valence-corrected chi connectivity index (χ4v) is 4.48. The van der Waals surface area contributed by atoms with Gasteiger partial charge in [-0.05, 0) is 56.5 Å². The number of benzene rings is 1. The van der Waals surface area contributed by atoms with E-state index < -0.39 is 11.9 Å². The molecule has 31 heavy (non-hydrogen) atoms. The predicted octanol–water partition coefficient (Wildman–Crippen LogP) is 5.50. The van der Waals surface area contributed by atoms with Crippen molar-refractivity contribution < 1.29 is 13.9 Å². The van der Waals surface area contributed by atoms with E-state index in [0.717, 1.165) is 28.2 Å². The molecule has 0 spiro atoms. The summed E-state index contributed by atoms with van der Waals surface area (Å²) in [7, 11) is 0. The van der Waals surface area contributed by atoms with Crippen LogP contribution in [0.4, 0.5) is 20.6 Å². The summed E-state index contributed by atoms with van der Waals surface area (Å²) in [5.74, 6) is 0.188. The molecule has 0 aliphatic carbocycles. The van der Waals surface area contributed by atoms with Gasteiger partial charge in [-0.3, -0.25) is 14.9 Å². The maximum Gasteiger partial charge on any atom is 0.326 e. The summed E-state index contributed by atoms with van der Waals surface area (Å²) >= 11 is 6.57. The van der Waals surface area contributed by atoms with Crippen LogP contribution in [-0.2, 0) is 13.0 Å². The Hall–Kier alpha value is -3.19. The van der Waals surface area contributed by atoms with Gasteiger partial charge in [0.25, 0.3) is 0 Å². The lowest BCUT2D eigenvalue weighted by molar-refractivity contribution is 0.167. The van der Waals surface area contributed by atoms with E-state index in [1.165, 1.54) is 6.07 Å². The Morgan fingerprint density at radius 2 is 2.13 bits per heavy atom. The second kappa shape index (κ2) is 7.50. The van der Waals surface area contributed by atoms with Gasteiger partial charge in [0, 0.05) is 29.2 Å². The van der Waals surface area contributed by atoms with Crippen molar-refractivity contribution >= 4 is 29.0 Å². The molecule has 1 aromatic carbocycles. The normalized spacial score (nSPS) is 17.5. The van der Waals surface area contributed by atoms with Gasteiger partial charge in [-0.2, -0.15) is 0 Å². The van der Waals surface area contributed by atoms with E-state index >= 15 is 0 Å². The smallest absolute Gasteiger partial charge is 0.326 e. The fourth-order valence-electron chi connectivity index (χ4n) is 4.20. The molecule has 0 radical (unpaired) electrons. The lowest BCUT2D eigenvalue weighted by Crippen LogP contribution is -2.39. The molecule has 158 valence electrons. The molecular weight excluding hydrogens is 419 g/mol. The molecule has 6 nitrogen and oxygen atoms in total. The number of pyridine rings is 2. The first-order valence-corrected chi connectivity index (χ1v) is 10.4. The third kappa shape index (κ3) is 3.49. The van der Waals surface area contributed by atoms with Crippen molar-refractivity contribution in [2.75, 3.05) is 10.2 Å². The molecule has 2 aliphatic heterocycles. The van der Waals surface area contributed by atoms with Gasteiger partial charge in [0.15, 0.2) is 0 Å². The molecule has 5 rings (SSSR count). The Labute approximate surface area is 184 Å². The number of fused-ring (bicyclic) bond motifs is 2. The summed E-state index contributed by atoms with van der Waals surface area (Å²) in [6, 6.07) is 8.09. The van der Waals surface area contributed by atoms with Crippen LogP contribution in [0.5, 0.6) is 5.75 Å². The number of hydrogen-bond donors (Lipinski definition) is 1. The zero-order valence-corrected chi connectivity index (χ0v) is 17.8. The van der Waals surface area contributed by atoms with Crippen LogP contribution >= 0.6 is 11.6 Å². The second-order valence-corrected chi connectivity index (χ2v) is 8.23. The molecule has 0 saturated carbocycles. The van der Waals surface area contributed by atoms with E-state index in [1.807, 2.05) is 26.0 Å². The average Bonchev–Trinajstić information content (AvgIpc) is 2.73. The van der Waals surface area contributed by atoms with Gasteiger partial charge in [0.05, 0.1) is 22.9 Å². The molecule has 0 bridgehead atoms. The number of carbonyl (C=O) groups excluding carboxylic acids is 1. The van der Waals surface area contributed by atoms with E-state index in [2.05, 4.69) is 15.3 Å². The van der Waals surface area contributed by atoms with Gasteiger partial charge >= 0.3 is 6.03 Å².